The van der Waals surface area contributed by atoms with Crippen molar-refractivity contribution in [2.45, 2.75) is 87.9 Å². The molecule has 8 nitrogen and oxygen atoms in total. The van der Waals surface area contributed by atoms with E-state index in [0.29, 0.717) is 43.9 Å². The van der Waals surface area contributed by atoms with Gasteiger partial charge in [0.2, 0.25) is 0 Å². The highest BCUT2D eigenvalue weighted by Gasteiger charge is 2.49. The molecule has 1 saturated carbocycles. The van der Waals surface area contributed by atoms with Gasteiger partial charge < -0.3 is 14.7 Å². The fourth-order valence-corrected chi connectivity index (χ4v) is 10.5. The first-order valence-electron chi connectivity index (χ1n) is 17.4. The number of aromatic nitrogens is 2. The Morgan fingerprint density at radius 3 is 2.69 bits per heavy atom. The topological polar surface area (TPSA) is 105 Å². The molecule has 2 aromatic carbocycles. The third-order valence-corrected chi connectivity index (χ3v) is 14.3. The number of benzene rings is 2. The maximum absolute atomic E-state index is 13.9. The summed E-state index contributed by atoms with van der Waals surface area (Å²) in [5.74, 6) is 5.33. The standard InChI is InChI=1S/C38H47ClN4O4S/c1-25-7-4-16-38(45,21-35-40-17-6-18-41-35)32-12-9-29(32)22-43-23-37(15-5-8-27-19-30(39)11-13-31(27)37)24-47-34-14-10-28(20-33(34)43)36(44)42-48(3,46)26(25)2/h6,10-11,13-14,17-20,25-26,29,32,45H,3-5,7-9,12,15-16,21-24H2,1-2H3,(H,42,44,46)/t25-,26+,29-,32+,37-,38-,48?/m0/s1. The molecule has 7 atom stereocenters. The molecule has 1 aromatic heterocycles. The van der Waals surface area contributed by atoms with Gasteiger partial charge in [0.15, 0.2) is 0 Å². The smallest absolute Gasteiger partial charge is 0.262 e. The van der Waals surface area contributed by atoms with Gasteiger partial charge in [-0.15, -0.1) is 0 Å². The zero-order valence-electron chi connectivity index (χ0n) is 28.0. The zero-order valence-corrected chi connectivity index (χ0v) is 29.6. The summed E-state index contributed by atoms with van der Waals surface area (Å²) in [5, 5.41) is 13.0. The second kappa shape index (κ2) is 13.0. The molecule has 0 saturated heterocycles. The van der Waals surface area contributed by atoms with Crippen molar-refractivity contribution in [2.24, 2.45) is 17.8 Å². The number of fused-ring (bicyclic) bond motifs is 4. The molecule has 2 N–H and O–H groups in total. The van der Waals surface area contributed by atoms with Gasteiger partial charge in [-0.2, -0.15) is 0 Å². The minimum atomic E-state index is -2.96. The van der Waals surface area contributed by atoms with E-state index >= 15 is 0 Å². The predicted molar refractivity (Wildman–Crippen MR) is 192 cm³/mol. The van der Waals surface area contributed by atoms with Gasteiger partial charge in [-0.25, -0.2) is 14.2 Å². The van der Waals surface area contributed by atoms with E-state index in [1.165, 1.54) is 11.1 Å². The lowest BCUT2D eigenvalue weighted by atomic mass is 9.61. The molecule has 3 aromatic rings. The molecule has 1 spiro atoms. The van der Waals surface area contributed by atoms with Gasteiger partial charge in [-0.05, 0) is 123 Å². The van der Waals surface area contributed by atoms with E-state index in [0.717, 1.165) is 61.4 Å². The molecular weight excluding hydrogens is 644 g/mol. The third kappa shape index (κ3) is 6.34. The van der Waals surface area contributed by atoms with Gasteiger partial charge in [0.25, 0.3) is 5.91 Å². The Hall–Kier alpha value is -3.14. The summed E-state index contributed by atoms with van der Waals surface area (Å²) in [5.41, 5.74) is 2.58. The van der Waals surface area contributed by atoms with Crippen molar-refractivity contribution in [2.75, 3.05) is 24.6 Å². The fourth-order valence-electron chi connectivity index (χ4n) is 8.78. The molecular formula is C38H47ClN4O4S. The number of carbonyl (C=O) groups excluding carboxylic acids is 1. The molecule has 7 rings (SSSR count). The number of aryl methyl sites for hydroxylation is 1. The number of nitrogens with zero attached hydrogens (tertiary/aromatic N) is 3. The Labute approximate surface area is 289 Å². The van der Waals surface area contributed by atoms with Gasteiger partial charge in [-0.3, -0.25) is 9.52 Å². The number of aliphatic hydroxyl groups is 1. The van der Waals surface area contributed by atoms with Crippen molar-refractivity contribution < 1.29 is 18.8 Å². The van der Waals surface area contributed by atoms with E-state index in [2.05, 4.69) is 44.5 Å². The normalized spacial score (nSPS) is 33.8. The van der Waals surface area contributed by atoms with Crippen LogP contribution in [0.5, 0.6) is 5.75 Å². The molecule has 10 heteroatoms. The summed E-state index contributed by atoms with van der Waals surface area (Å²) in [6, 6.07) is 13.6. The Morgan fingerprint density at radius 1 is 1.10 bits per heavy atom. The molecule has 2 aliphatic carbocycles. The van der Waals surface area contributed by atoms with Crippen LogP contribution in [0.3, 0.4) is 0 Å². The summed E-state index contributed by atoms with van der Waals surface area (Å²) >= 11 is 6.46. The van der Waals surface area contributed by atoms with Crippen LogP contribution in [0.1, 0.15) is 86.1 Å². The van der Waals surface area contributed by atoms with Crippen LogP contribution >= 0.6 is 11.6 Å². The Balaban J connectivity index is 1.31. The van der Waals surface area contributed by atoms with Crippen LogP contribution in [-0.4, -0.2) is 61.6 Å². The maximum atomic E-state index is 13.9. The van der Waals surface area contributed by atoms with Crippen LogP contribution in [0.25, 0.3) is 0 Å². The summed E-state index contributed by atoms with van der Waals surface area (Å²) in [6.45, 7) is 5.90. The van der Waals surface area contributed by atoms with E-state index < -0.39 is 15.3 Å². The third-order valence-electron chi connectivity index (χ3n) is 11.9. The van der Waals surface area contributed by atoms with Crippen LogP contribution in [0.2, 0.25) is 5.02 Å². The summed E-state index contributed by atoms with van der Waals surface area (Å²) in [6.07, 6.45) is 10.9. The molecule has 2 aliphatic heterocycles. The average molecular weight is 691 g/mol. The minimum Gasteiger partial charge on any atom is -0.490 e. The van der Waals surface area contributed by atoms with Crippen LogP contribution in [0.15, 0.2) is 54.9 Å². The number of ether oxygens (including phenoxy) is 1. The summed E-state index contributed by atoms with van der Waals surface area (Å²) in [7, 11) is -2.96. The lowest BCUT2D eigenvalue weighted by molar-refractivity contribution is -0.0892. The van der Waals surface area contributed by atoms with Crippen molar-refractivity contribution in [3.8, 4) is 5.75 Å². The lowest BCUT2D eigenvalue weighted by Gasteiger charge is -2.50. The van der Waals surface area contributed by atoms with Crippen LogP contribution in [0, 0.1) is 17.8 Å². The van der Waals surface area contributed by atoms with Gasteiger partial charge in [-0.1, -0.05) is 31.0 Å². The SMILES string of the molecule is C=S1(=O)NC(=O)c2ccc3c(c2)N(C[C@@H]2CC[C@H]2[C@@](O)(Cc2ncccn2)CCC[C@H](C)[C@H]1C)C[C@@]1(CCCc2cc(Cl)ccc21)CO3. The van der Waals surface area contributed by atoms with Gasteiger partial charge in [0, 0.05) is 53.2 Å². The molecule has 3 heterocycles. The first kappa shape index (κ1) is 33.4. The number of hydrogen-bond donors (Lipinski definition) is 2. The van der Waals surface area contributed by atoms with Crippen LogP contribution < -0.4 is 14.4 Å². The van der Waals surface area contributed by atoms with Gasteiger partial charge >= 0.3 is 0 Å². The van der Waals surface area contributed by atoms with Crippen LogP contribution in [-0.2, 0) is 28.0 Å². The highest BCUT2D eigenvalue weighted by Crippen LogP contribution is 2.49. The highest BCUT2D eigenvalue weighted by atomic mass is 35.5. The number of nitrogens with one attached hydrogen (secondary N) is 1. The molecule has 1 amide bonds. The highest BCUT2D eigenvalue weighted by molar-refractivity contribution is 7.99. The van der Waals surface area contributed by atoms with Crippen molar-refractivity contribution >= 4 is 38.8 Å². The Kier molecular flexibility index (Phi) is 9.00. The van der Waals surface area contributed by atoms with E-state index in [9.17, 15) is 14.1 Å². The van der Waals surface area contributed by atoms with Gasteiger partial charge in [0.1, 0.15) is 11.6 Å². The molecule has 256 valence electrons. The second-order valence-electron chi connectivity index (χ2n) is 14.9. The Bertz CT molecular complexity index is 1790. The molecule has 48 heavy (non-hydrogen) atoms. The van der Waals surface area contributed by atoms with Crippen LogP contribution in [0.4, 0.5) is 5.69 Å². The zero-order chi connectivity index (χ0) is 33.7. The number of carbonyl (C=O) groups is 1. The molecule has 4 aliphatic rings. The number of hydrogen-bond acceptors (Lipinski definition) is 7. The first-order valence-corrected chi connectivity index (χ1v) is 19.6. The van der Waals surface area contributed by atoms with E-state index in [-0.39, 0.29) is 34.3 Å². The largest absolute Gasteiger partial charge is 0.490 e. The molecule has 2 bridgehead atoms. The summed E-state index contributed by atoms with van der Waals surface area (Å²) in [4.78, 5) is 25.1. The Morgan fingerprint density at radius 2 is 1.92 bits per heavy atom. The van der Waals surface area contributed by atoms with Crippen molar-refractivity contribution in [1.29, 1.82) is 0 Å². The fraction of sp³-hybridized carbons (Fsp3) is 0.526. The molecule has 0 radical (unpaired) electrons. The first-order chi connectivity index (χ1) is 23.0. The molecule has 1 fully saturated rings. The number of halogens is 1. The second-order valence-corrected chi connectivity index (χ2v) is 17.7. The lowest BCUT2D eigenvalue weighted by Crippen LogP contribution is -2.54. The van der Waals surface area contributed by atoms with Gasteiger partial charge in [0.05, 0.1) is 27.6 Å². The summed E-state index contributed by atoms with van der Waals surface area (Å²) < 4.78 is 23.3. The van der Waals surface area contributed by atoms with E-state index in [1.54, 1.807) is 24.5 Å². The molecule has 1 unspecified atom stereocenters. The number of anilines is 1. The van der Waals surface area contributed by atoms with E-state index in [1.807, 2.05) is 25.1 Å². The number of rotatable bonds is 2. The maximum Gasteiger partial charge on any atom is 0.262 e. The predicted octanol–water partition coefficient (Wildman–Crippen LogP) is 6.17. The van der Waals surface area contributed by atoms with E-state index in [4.69, 9.17) is 16.3 Å². The monoisotopic (exact) mass is 690 g/mol. The average Bonchev–Trinajstić information content (AvgIpc) is 3.19. The minimum absolute atomic E-state index is 0.0259. The van der Waals surface area contributed by atoms with Crippen molar-refractivity contribution in [1.82, 2.24) is 14.7 Å². The quantitative estimate of drug-likeness (QED) is 0.310. The number of amides is 1. The van der Waals surface area contributed by atoms with Crippen molar-refractivity contribution in [3.05, 3.63) is 82.4 Å². The van der Waals surface area contributed by atoms with Crippen molar-refractivity contribution in [3.63, 3.8) is 0 Å².